The molecule has 0 unspecified atom stereocenters. The van der Waals surface area contributed by atoms with Gasteiger partial charge in [0.1, 0.15) is 6.17 Å². The first-order valence-electron chi connectivity index (χ1n) is 5.23. The zero-order valence-electron chi connectivity index (χ0n) is 9.88. The monoisotopic (exact) mass is 362 g/mol. The summed E-state index contributed by atoms with van der Waals surface area (Å²) in [6.45, 7) is 0. The van der Waals surface area contributed by atoms with Crippen molar-refractivity contribution in [1.29, 1.82) is 0 Å². The van der Waals surface area contributed by atoms with Gasteiger partial charge in [-0.25, -0.2) is 0 Å². The van der Waals surface area contributed by atoms with Crippen LogP contribution in [0.3, 0.4) is 0 Å². The second-order valence-corrected chi connectivity index (χ2v) is 4.39. The van der Waals surface area contributed by atoms with Gasteiger partial charge in [-0.15, -0.1) is 24.0 Å². The first-order chi connectivity index (χ1) is 7.66. The van der Waals surface area contributed by atoms with Gasteiger partial charge in [-0.3, -0.25) is 0 Å². The molecule has 0 saturated carbocycles. The van der Waals surface area contributed by atoms with Crippen LogP contribution in [0.2, 0.25) is 5.02 Å². The lowest BCUT2D eigenvalue weighted by atomic mass is 10.2. The summed E-state index contributed by atoms with van der Waals surface area (Å²) in [5.41, 5.74) is 1.16. The van der Waals surface area contributed by atoms with Gasteiger partial charge in [0.2, 0.25) is 0 Å². The van der Waals surface area contributed by atoms with E-state index in [0.717, 1.165) is 10.6 Å². The molecule has 0 bridgehead atoms. The van der Waals surface area contributed by atoms with Crippen molar-refractivity contribution in [2.24, 2.45) is 0 Å². The molecule has 0 aromatic heterocycles. The molecule has 2 rings (SSSR count). The molecule has 0 atom stereocenters. The summed E-state index contributed by atoms with van der Waals surface area (Å²) in [5.74, 6) is 0. The molecular weight excluding hydrogens is 347 g/mol. The average Bonchev–Trinajstić information content (AvgIpc) is 2.59. The summed E-state index contributed by atoms with van der Waals surface area (Å²) in [6, 6.07) is 7.84. The van der Waals surface area contributed by atoms with E-state index in [1.807, 2.05) is 24.3 Å². The molecule has 1 heterocycles. The van der Waals surface area contributed by atoms with E-state index >= 15 is 0 Å². The van der Waals surface area contributed by atoms with Crippen LogP contribution in [0.15, 0.2) is 42.7 Å². The highest BCUT2D eigenvalue weighted by Crippen LogP contribution is 2.15. The Kier molecular flexibility index (Phi) is 5.33. The summed E-state index contributed by atoms with van der Waals surface area (Å²) >= 11 is 5.83. The van der Waals surface area contributed by atoms with Gasteiger partial charge in [0.25, 0.3) is 0 Å². The maximum Gasteiger partial charge on any atom is 0.120 e. The Morgan fingerprint density at radius 1 is 1.06 bits per heavy atom. The molecule has 0 fully saturated rings. The van der Waals surface area contributed by atoms with Crippen molar-refractivity contribution in [1.82, 2.24) is 9.80 Å². The van der Waals surface area contributed by atoms with Gasteiger partial charge in [-0.05, 0) is 23.8 Å². The fourth-order valence-corrected chi connectivity index (χ4v) is 1.84. The van der Waals surface area contributed by atoms with Gasteiger partial charge in [-0.2, -0.15) is 0 Å². The van der Waals surface area contributed by atoms with Crippen LogP contribution >= 0.6 is 35.6 Å². The minimum atomic E-state index is 0. The van der Waals surface area contributed by atoms with Crippen LogP contribution in [0.25, 0.3) is 6.08 Å². The van der Waals surface area contributed by atoms with E-state index < -0.39 is 0 Å². The van der Waals surface area contributed by atoms with E-state index in [1.165, 1.54) is 0 Å². The second kappa shape index (κ2) is 6.31. The third-order valence-corrected chi connectivity index (χ3v) is 2.95. The lowest BCUT2D eigenvalue weighted by molar-refractivity contribution is 0.258. The molecule has 92 valence electrons. The fourth-order valence-electron chi connectivity index (χ4n) is 1.72. The van der Waals surface area contributed by atoms with Crippen molar-refractivity contribution in [2.75, 3.05) is 14.1 Å². The molecule has 0 spiro atoms. The van der Waals surface area contributed by atoms with Crippen molar-refractivity contribution in [2.45, 2.75) is 6.17 Å². The maximum atomic E-state index is 5.83. The van der Waals surface area contributed by atoms with Gasteiger partial charge in [0.15, 0.2) is 0 Å². The molecular formula is C13H16ClIN2. The second-order valence-electron chi connectivity index (χ2n) is 3.95. The maximum absolute atomic E-state index is 5.83. The van der Waals surface area contributed by atoms with E-state index in [-0.39, 0.29) is 24.0 Å². The van der Waals surface area contributed by atoms with Gasteiger partial charge in [-0.1, -0.05) is 29.8 Å². The minimum absolute atomic E-state index is 0. The van der Waals surface area contributed by atoms with Crippen LogP contribution in [0.4, 0.5) is 0 Å². The first-order valence-corrected chi connectivity index (χ1v) is 5.60. The minimum Gasteiger partial charge on any atom is -0.356 e. The van der Waals surface area contributed by atoms with Crippen molar-refractivity contribution >= 4 is 41.7 Å². The number of benzene rings is 1. The van der Waals surface area contributed by atoms with E-state index in [4.69, 9.17) is 11.6 Å². The van der Waals surface area contributed by atoms with Gasteiger partial charge in [0.05, 0.1) is 0 Å². The SMILES string of the molecule is CN1C=CN(C)C1/C=C/c1ccc(Cl)cc1.I. The van der Waals surface area contributed by atoms with Gasteiger partial charge in [0, 0.05) is 31.5 Å². The van der Waals surface area contributed by atoms with Crippen molar-refractivity contribution in [3.63, 3.8) is 0 Å². The first kappa shape index (κ1) is 14.4. The third kappa shape index (κ3) is 3.64. The third-order valence-electron chi connectivity index (χ3n) is 2.70. The highest BCUT2D eigenvalue weighted by atomic mass is 127. The number of nitrogens with zero attached hydrogens (tertiary/aromatic N) is 2. The fraction of sp³-hybridized carbons (Fsp3) is 0.231. The average molecular weight is 363 g/mol. The Hall–Kier alpha value is -0.680. The molecule has 1 aromatic rings. The number of likely N-dealkylation sites (N-methyl/N-ethyl adjacent to an activating group) is 2. The lowest BCUT2D eigenvalue weighted by Crippen LogP contribution is -2.31. The van der Waals surface area contributed by atoms with Crippen LogP contribution in [0, 0.1) is 0 Å². The van der Waals surface area contributed by atoms with Gasteiger partial charge >= 0.3 is 0 Å². The molecule has 1 aliphatic heterocycles. The number of hydrogen-bond acceptors (Lipinski definition) is 2. The van der Waals surface area contributed by atoms with Crippen LogP contribution < -0.4 is 0 Å². The topological polar surface area (TPSA) is 6.48 Å². The molecule has 2 nitrogen and oxygen atoms in total. The van der Waals surface area contributed by atoms with Crippen LogP contribution in [0.1, 0.15) is 5.56 Å². The Morgan fingerprint density at radius 3 is 2.12 bits per heavy atom. The van der Waals surface area contributed by atoms with E-state index in [9.17, 15) is 0 Å². The molecule has 0 N–H and O–H groups in total. The van der Waals surface area contributed by atoms with Crippen molar-refractivity contribution in [3.05, 3.63) is 53.3 Å². The van der Waals surface area contributed by atoms with Crippen LogP contribution in [-0.4, -0.2) is 30.1 Å². The molecule has 17 heavy (non-hydrogen) atoms. The molecule has 1 aromatic carbocycles. The summed E-state index contributed by atoms with van der Waals surface area (Å²) in [6.07, 6.45) is 8.72. The smallest absolute Gasteiger partial charge is 0.120 e. The molecule has 4 heteroatoms. The zero-order valence-corrected chi connectivity index (χ0v) is 13.0. The molecule has 0 amide bonds. The number of halogens is 2. The Morgan fingerprint density at radius 2 is 1.59 bits per heavy atom. The number of hydrogen-bond donors (Lipinski definition) is 0. The molecule has 1 aliphatic rings. The van der Waals surface area contributed by atoms with E-state index in [1.54, 1.807) is 0 Å². The van der Waals surface area contributed by atoms with Crippen LogP contribution in [-0.2, 0) is 0 Å². The zero-order chi connectivity index (χ0) is 11.5. The molecule has 0 radical (unpaired) electrons. The summed E-state index contributed by atoms with van der Waals surface area (Å²) in [5, 5.41) is 0.772. The van der Waals surface area contributed by atoms with E-state index in [0.29, 0.717) is 6.17 Å². The Balaban J connectivity index is 0.00000144. The van der Waals surface area contributed by atoms with Gasteiger partial charge < -0.3 is 9.80 Å². The highest BCUT2D eigenvalue weighted by molar-refractivity contribution is 14.0. The van der Waals surface area contributed by atoms with Crippen molar-refractivity contribution in [3.8, 4) is 0 Å². The summed E-state index contributed by atoms with van der Waals surface area (Å²) in [4.78, 5) is 4.32. The number of rotatable bonds is 2. The lowest BCUT2D eigenvalue weighted by Gasteiger charge is -2.24. The predicted molar refractivity (Wildman–Crippen MR) is 84.4 cm³/mol. The molecule has 0 aliphatic carbocycles. The van der Waals surface area contributed by atoms with E-state index in [2.05, 4.69) is 48.4 Å². The molecule has 0 saturated heterocycles. The Labute approximate surface area is 125 Å². The van der Waals surface area contributed by atoms with Crippen molar-refractivity contribution < 1.29 is 0 Å². The Bertz CT molecular complexity index is 402. The quantitative estimate of drug-likeness (QED) is 0.741. The largest absolute Gasteiger partial charge is 0.356 e. The van der Waals surface area contributed by atoms with Crippen LogP contribution in [0.5, 0.6) is 0 Å². The normalized spacial score (nSPS) is 15.7. The highest BCUT2D eigenvalue weighted by Gasteiger charge is 2.16. The standard InChI is InChI=1S/C13H15ClN2.HI/c1-15-9-10-16(2)13(15)8-5-11-3-6-12(14)7-4-11;/h3-10,13H,1-2H3;1H/b8-5+;. The summed E-state index contributed by atoms with van der Waals surface area (Å²) in [7, 11) is 4.13. The summed E-state index contributed by atoms with van der Waals surface area (Å²) < 4.78 is 0. The predicted octanol–water partition coefficient (Wildman–Crippen LogP) is 3.65.